The predicted octanol–water partition coefficient (Wildman–Crippen LogP) is 1.85. The molecule has 2 unspecified atom stereocenters. The van der Waals surface area contributed by atoms with Crippen LogP contribution in [0.25, 0.3) is 0 Å². The van der Waals surface area contributed by atoms with Crippen LogP contribution in [0.1, 0.15) is 24.8 Å². The smallest absolute Gasteiger partial charge is 0.0992 e. The Morgan fingerprint density at radius 2 is 2.27 bits per heavy atom. The molecule has 3 nitrogen and oxygen atoms in total. The Labute approximate surface area is 89.9 Å². The lowest BCUT2D eigenvalue weighted by Crippen LogP contribution is -2.20. The van der Waals surface area contributed by atoms with Gasteiger partial charge in [0.25, 0.3) is 0 Å². The summed E-state index contributed by atoms with van der Waals surface area (Å²) in [4.78, 5) is 0. The number of benzene rings is 1. The highest BCUT2D eigenvalue weighted by Gasteiger charge is 2.21. The summed E-state index contributed by atoms with van der Waals surface area (Å²) in [7, 11) is 0. The summed E-state index contributed by atoms with van der Waals surface area (Å²) in [5, 5.41) is 12.2. The Morgan fingerprint density at radius 1 is 1.40 bits per heavy atom. The van der Waals surface area contributed by atoms with Gasteiger partial charge in [0.1, 0.15) is 0 Å². The number of nitriles is 1. The van der Waals surface area contributed by atoms with Crippen LogP contribution in [-0.2, 0) is 0 Å². The minimum Gasteiger partial charge on any atom is -0.382 e. The fourth-order valence-corrected chi connectivity index (χ4v) is 2.06. The second-order valence-corrected chi connectivity index (χ2v) is 4.11. The fraction of sp³-hybridized carbons (Fsp3) is 0.417. The van der Waals surface area contributed by atoms with Gasteiger partial charge in [0.15, 0.2) is 0 Å². The van der Waals surface area contributed by atoms with Gasteiger partial charge >= 0.3 is 0 Å². The van der Waals surface area contributed by atoms with Crippen molar-refractivity contribution in [2.24, 2.45) is 5.73 Å². The van der Waals surface area contributed by atoms with Crippen molar-refractivity contribution >= 4 is 5.69 Å². The maximum atomic E-state index is 8.77. The van der Waals surface area contributed by atoms with Crippen molar-refractivity contribution in [1.29, 1.82) is 5.26 Å². The lowest BCUT2D eigenvalue weighted by atomic mass is 10.2. The highest BCUT2D eigenvalue weighted by Crippen LogP contribution is 2.22. The number of hydrogen-bond acceptors (Lipinski definition) is 3. The second kappa shape index (κ2) is 4.33. The van der Waals surface area contributed by atoms with E-state index in [9.17, 15) is 0 Å². The molecular formula is C12H15N3. The second-order valence-electron chi connectivity index (χ2n) is 4.11. The molecule has 1 aromatic carbocycles. The third-order valence-corrected chi connectivity index (χ3v) is 2.84. The highest BCUT2D eigenvalue weighted by molar-refractivity contribution is 5.49. The van der Waals surface area contributed by atoms with Crippen LogP contribution in [0.2, 0.25) is 0 Å². The third-order valence-electron chi connectivity index (χ3n) is 2.84. The first kappa shape index (κ1) is 10.0. The van der Waals surface area contributed by atoms with Crippen molar-refractivity contribution in [3.8, 4) is 6.07 Å². The molecule has 2 rings (SSSR count). The van der Waals surface area contributed by atoms with Gasteiger partial charge in [-0.3, -0.25) is 0 Å². The maximum absolute atomic E-state index is 8.77. The van der Waals surface area contributed by atoms with Crippen molar-refractivity contribution in [3.05, 3.63) is 29.8 Å². The standard InChI is InChI=1S/C12H15N3/c13-8-9-2-1-3-11(6-9)15-12-5-4-10(14)7-12/h1-3,6,10,12,15H,4-5,7,14H2. The number of nitrogens with one attached hydrogen (secondary N) is 1. The first-order valence-corrected chi connectivity index (χ1v) is 5.30. The molecule has 0 spiro atoms. The molecule has 0 aliphatic heterocycles. The average molecular weight is 201 g/mol. The van der Waals surface area contributed by atoms with E-state index in [1.54, 1.807) is 0 Å². The maximum Gasteiger partial charge on any atom is 0.0992 e. The van der Waals surface area contributed by atoms with E-state index in [2.05, 4.69) is 11.4 Å². The quantitative estimate of drug-likeness (QED) is 0.767. The van der Waals surface area contributed by atoms with E-state index in [0.717, 1.165) is 24.9 Å². The molecule has 2 atom stereocenters. The van der Waals surface area contributed by atoms with Crippen molar-refractivity contribution in [1.82, 2.24) is 0 Å². The number of nitrogens with two attached hydrogens (primary N) is 1. The first-order chi connectivity index (χ1) is 7.28. The van der Waals surface area contributed by atoms with Gasteiger partial charge in [-0.15, -0.1) is 0 Å². The summed E-state index contributed by atoms with van der Waals surface area (Å²) in [5.41, 5.74) is 7.56. The molecule has 0 aromatic heterocycles. The molecule has 0 radical (unpaired) electrons. The molecule has 0 bridgehead atoms. The molecule has 1 aromatic rings. The Hall–Kier alpha value is -1.53. The van der Waals surface area contributed by atoms with Crippen LogP contribution >= 0.6 is 0 Å². The van der Waals surface area contributed by atoms with Gasteiger partial charge < -0.3 is 11.1 Å². The van der Waals surface area contributed by atoms with Gasteiger partial charge in [-0.05, 0) is 37.5 Å². The predicted molar refractivity (Wildman–Crippen MR) is 60.4 cm³/mol. The molecule has 15 heavy (non-hydrogen) atoms. The zero-order valence-electron chi connectivity index (χ0n) is 8.61. The highest BCUT2D eigenvalue weighted by atomic mass is 14.9. The van der Waals surface area contributed by atoms with Crippen LogP contribution in [0.15, 0.2) is 24.3 Å². The summed E-state index contributed by atoms with van der Waals surface area (Å²) in [6.45, 7) is 0. The van der Waals surface area contributed by atoms with Crippen LogP contribution in [0.4, 0.5) is 5.69 Å². The van der Waals surface area contributed by atoms with Gasteiger partial charge in [-0.1, -0.05) is 6.07 Å². The zero-order chi connectivity index (χ0) is 10.7. The molecule has 1 aliphatic rings. The van der Waals surface area contributed by atoms with Crippen LogP contribution in [0, 0.1) is 11.3 Å². The topological polar surface area (TPSA) is 61.8 Å². The van der Waals surface area contributed by atoms with Crippen LogP contribution in [0.5, 0.6) is 0 Å². The monoisotopic (exact) mass is 201 g/mol. The molecule has 1 aliphatic carbocycles. The number of nitrogens with zero attached hydrogens (tertiary/aromatic N) is 1. The normalized spacial score (nSPS) is 24.8. The van der Waals surface area contributed by atoms with Crippen molar-refractivity contribution in [3.63, 3.8) is 0 Å². The molecule has 1 saturated carbocycles. The number of anilines is 1. The summed E-state index contributed by atoms with van der Waals surface area (Å²) < 4.78 is 0. The Kier molecular flexibility index (Phi) is 2.89. The molecule has 0 saturated heterocycles. The third kappa shape index (κ3) is 2.48. The fourth-order valence-electron chi connectivity index (χ4n) is 2.06. The molecule has 0 heterocycles. The summed E-state index contributed by atoms with van der Waals surface area (Å²) >= 11 is 0. The van der Waals surface area contributed by atoms with Crippen LogP contribution < -0.4 is 11.1 Å². The summed E-state index contributed by atoms with van der Waals surface area (Å²) in [6.07, 6.45) is 3.24. The molecule has 3 N–H and O–H groups in total. The van der Waals surface area contributed by atoms with Gasteiger partial charge in [0.05, 0.1) is 11.6 Å². The van der Waals surface area contributed by atoms with Crippen molar-refractivity contribution in [2.75, 3.05) is 5.32 Å². The first-order valence-electron chi connectivity index (χ1n) is 5.30. The van der Waals surface area contributed by atoms with Gasteiger partial charge in [0, 0.05) is 17.8 Å². The zero-order valence-corrected chi connectivity index (χ0v) is 8.61. The number of hydrogen-bond donors (Lipinski definition) is 2. The summed E-state index contributed by atoms with van der Waals surface area (Å²) in [6, 6.07) is 10.5. The van der Waals surface area contributed by atoms with Crippen LogP contribution in [-0.4, -0.2) is 12.1 Å². The minimum atomic E-state index is 0.335. The van der Waals surface area contributed by atoms with E-state index >= 15 is 0 Å². The van der Waals surface area contributed by atoms with E-state index in [4.69, 9.17) is 11.0 Å². The van der Waals surface area contributed by atoms with Gasteiger partial charge in [-0.25, -0.2) is 0 Å². The molecular weight excluding hydrogens is 186 g/mol. The van der Waals surface area contributed by atoms with E-state index < -0.39 is 0 Å². The molecule has 1 fully saturated rings. The van der Waals surface area contributed by atoms with Gasteiger partial charge in [-0.2, -0.15) is 5.26 Å². The summed E-state index contributed by atoms with van der Waals surface area (Å²) in [5.74, 6) is 0. The molecule has 78 valence electrons. The number of rotatable bonds is 2. The Morgan fingerprint density at radius 3 is 2.93 bits per heavy atom. The lowest BCUT2D eigenvalue weighted by Gasteiger charge is -2.13. The Balaban J connectivity index is 2.02. The van der Waals surface area contributed by atoms with Crippen molar-refractivity contribution in [2.45, 2.75) is 31.3 Å². The minimum absolute atomic E-state index is 0.335. The lowest BCUT2D eigenvalue weighted by molar-refractivity contribution is 0.688. The van der Waals surface area contributed by atoms with E-state index in [1.807, 2.05) is 24.3 Å². The molecule has 0 amide bonds. The Bertz CT molecular complexity index is 381. The van der Waals surface area contributed by atoms with E-state index in [-0.39, 0.29) is 0 Å². The van der Waals surface area contributed by atoms with Crippen LogP contribution in [0.3, 0.4) is 0 Å². The largest absolute Gasteiger partial charge is 0.382 e. The SMILES string of the molecule is N#Cc1cccc(NC2CCC(N)C2)c1. The van der Waals surface area contributed by atoms with Crippen molar-refractivity contribution < 1.29 is 0 Å². The molecule has 3 heteroatoms. The van der Waals surface area contributed by atoms with E-state index in [1.165, 1.54) is 0 Å². The average Bonchev–Trinajstić information content (AvgIpc) is 2.64. The van der Waals surface area contributed by atoms with E-state index in [0.29, 0.717) is 17.6 Å². The van der Waals surface area contributed by atoms with Gasteiger partial charge in [0.2, 0.25) is 0 Å².